The molecule has 8 rings (SSSR count). The molecule has 268 valence electrons. The van der Waals surface area contributed by atoms with Crippen LogP contribution in [-0.2, 0) is 23.3 Å². The second-order valence-electron chi connectivity index (χ2n) is 12.4. The van der Waals surface area contributed by atoms with E-state index >= 15 is 0 Å². The first-order valence-electron chi connectivity index (χ1n) is 16.2. The standard InChI is InChI=1S/2C22H19S.2CH3.2ClH.Si.Zr/c2*1-14-11-18-12-19(21-10-9-15(2)23-21)13-20(18)22(16(14)3)17-7-5-4-6-8-17;;;;;;/h2*4-13H,1-3H3;2*1H3;2*1H;;/q4*-1;;;;. The van der Waals surface area contributed by atoms with Crippen molar-refractivity contribution in [3.63, 3.8) is 0 Å². The zero-order valence-corrected chi connectivity index (χ0v) is 37.9. The first-order chi connectivity index (χ1) is 23.3. The van der Waals surface area contributed by atoms with E-state index in [4.69, 9.17) is 0 Å². The summed E-state index contributed by atoms with van der Waals surface area (Å²) in [5.74, 6) is 0. The van der Waals surface area contributed by atoms with Crippen molar-refractivity contribution in [1.29, 1.82) is 0 Å². The van der Waals surface area contributed by atoms with E-state index in [9.17, 15) is 0 Å². The molecule has 0 nitrogen and oxygen atoms in total. The van der Waals surface area contributed by atoms with Crippen molar-refractivity contribution in [1.82, 2.24) is 0 Å². The van der Waals surface area contributed by atoms with Crippen LogP contribution in [0.25, 0.3) is 64.7 Å². The van der Waals surface area contributed by atoms with Crippen LogP contribution >= 0.6 is 47.5 Å². The summed E-state index contributed by atoms with van der Waals surface area (Å²) in [5.41, 5.74) is 13.5. The van der Waals surface area contributed by atoms with Gasteiger partial charge in [0, 0.05) is 0 Å². The third kappa shape index (κ3) is 9.45. The zero-order chi connectivity index (χ0) is 33.9. The summed E-state index contributed by atoms with van der Waals surface area (Å²) < 4.78 is 0. The Hall–Kier alpha value is -2.82. The monoisotopic (exact) mass is 850 g/mol. The number of hydrogen-bond acceptors (Lipinski definition) is 2. The van der Waals surface area contributed by atoms with Crippen LogP contribution in [0.3, 0.4) is 0 Å². The molecule has 0 unspecified atom stereocenters. The molecule has 0 spiro atoms. The van der Waals surface area contributed by atoms with Gasteiger partial charge >= 0.3 is 30.2 Å². The van der Waals surface area contributed by atoms with Gasteiger partial charge in [0.25, 0.3) is 0 Å². The molecule has 0 saturated heterocycles. The third-order valence-electron chi connectivity index (χ3n) is 9.23. The Bertz CT molecular complexity index is 2180. The maximum absolute atomic E-state index is 3.06. The van der Waals surface area contributed by atoms with Crippen LogP contribution in [0.4, 0.5) is 0 Å². The van der Waals surface area contributed by atoms with Gasteiger partial charge in [-0.25, -0.2) is 0 Å². The second kappa shape index (κ2) is 20.0. The summed E-state index contributed by atoms with van der Waals surface area (Å²) in [6.07, 6.45) is 0. The summed E-state index contributed by atoms with van der Waals surface area (Å²) in [5, 5.41) is 5.40. The summed E-state index contributed by atoms with van der Waals surface area (Å²) in [6.45, 7) is 16.3. The van der Waals surface area contributed by atoms with E-state index in [1.807, 2.05) is 22.7 Å². The van der Waals surface area contributed by atoms with E-state index in [1.54, 1.807) is 0 Å². The van der Waals surface area contributed by atoms with Gasteiger partial charge in [-0.3, -0.25) is 0 Å². The van der Waals surface area contributed by atoms with Crippen LogP contribution in [0, 0.1) is 56.4 Å². The fourth-order valence-electron chi connectivity index (χ4n) is 6.62. The van der Waals surface area contributed by atoms with Gasteiger partial charge in [-0.15, -0.1) is 93.9 Å². The van der Waals surface area contributed by atoms with Crippen LogP contribution in [0.1, 0.15) is 32.0 Å². The summed E-state index contributed by atoms with van der Waals surface area (Å²) in [6, 6.07) is 44.4. The van der Waals surface area contributed by atoms with Gasteiger partial charge in [0.1, 0.15) is 0 Å². The number of aryl methyl sites for hydroxylation is 4. The molecule has 0 aliphatic carbocycles. The molecule has 0 fully saturated rings. The van der Waals surface area contributed by atoms with Gasteiger partial charge in [0.05, 0.1) is 0 Å². The summed E-state index contributed by atoms with van der Waals surface area (Å²) in [4.78, 5) is 5.43. The third-order valence-corrected chi connectivity index (χ3v) is 11.3. The van der Waals surface area contributed by atoms with Gasteiger partial charge in [-0.05, 0) is 83.3 Å². The van der Waals surface area contributed by atoms with Crippen molar-refractivity contribution in [2.75, 3.05) is 0 Å². The Kier molecular flexibility index (Phi) is 17.5. The van der Waals surface area contributed by atoms with E-state index in [0.29, 0.717) is 0 Å². The van der Waals surface area contributed by atoms with Crippen LogP contribution in [0.5, 0.6) is 0 Å². The average molecular weight is 853 g/mol. The van der Waals surface area contributed by atoms with Gasteiger partial charge < -0.3 is 14.9 Å². The van der Waals surface area contributed by atoms with Gasteiger partial charge in [-0.2, -0.15) is 22.7 Å². The topological polar surface area (TPSA) is 0 Å². The molecule has 2 radical (unpaired) electrons. The molecule has 0 bridgehead atoms. The Labute approximate surface area is 349 Å². The van der Waals surface area contributed by atoms with Gasteiger partial charge in [-0.1, -0.05) is 107 Å². The zero-order valence-electron chi connectivity index (χ0n) is 31.2. The Morgan fingerprint density at radius 2 is 0.827 bits per heavy atom. The van der Waals surface area contributed by atoms with E-state index < -0.39 is 0 Å². The van der Waals surface area contributed by atoms with Crippen molar-refractivity contribution in [2.45, 2.75) is 41.5 Å². The number of halogens is 2. The SMILES string of the molecule is Cc1ccc(-c2cc3c(-c4ccccc4)c(C)c(C)cc3[cH-]2)s1.Cc1ccc(-c2cc3c(-c4ccccc4)c(C)c(C)cc3[cH-]2)s1.Cl.Cl.[CH3-].[CH3-].[Si]=[Zr]. The van der Waals surface area contributed by atoms with E-state index in [0.717, 1.165) is 0 Å². The normalized spacial score (nSPS) is 10.0. The fraction of sp³-hybridized carbons (Fsp3) is 0.130. The van der Waals surface area contributed by atoms with Crippen molar-refractivity contribution < 1.29 is 23.3 Å². The first-order valence-corrected chi connectivity index (χ1v) is 22.0. The molecule has 0 N–H and O–H groups in total. The maximum atomic E-state index is 3.06. The van der Waals surface area contributed by atoms with Crippen LogP contribution in [-0.4, -0.2) is 6.88 Å². The molecule has 6 aromatic carbocycles. The molecule has 0 atom stereocenters. The van der Waals surface area contributed by atoms with E-state index in [1.165, 1.54) is 120 Å². The van der Waals surface area contributed by atoms with Gasteiger partial charge in [0.2, 0.25) is 0 Å². The van der Waals surface area contributed by atoms with Crippen molar-refractivity contribution >= 4 is 75.9 Å². The number of fused-ring (bicyclic) bond motifs is 2. The fourth-order valence-corrected chi connectivity index (χ4v) is 8.33. The number of thiophene rings is 2. The summed E-state index contributed by atoms with van der Waals surface area (Å²) >= 11 is 5.09. The number of rotatable bonds is 4. The molecule has 2 aromatic heterocycles. The Morgan fingerprint density at radius 3 is 1.13 bits per heavy atom. The molecular weight excluding hydrogens is 807 g/mol. The molecule has 8 aromatic rings. The number of hydrogen-bond donors (Lipinski definition) is 0. The first kappa shape index (κ1) is 45.3. The molecule has 0 amide bonds. The molecule has 2 heterocycles. The molecule has 6 heteroatoms. The Morgan fingerprint density at radius 1 is 0.481 bits per heavy atom. The molecule has 52 heavy (non-hydrogen) atoms. The predicted molar refractivity (Wildman–Crippen MR) is 238 cm³/mol. The molecular formula is C46H46Cl2S2SiZr-4. The molecule has 0 aliphatic rings. The van der Waals surface area contributed by atoms with Crippen molar-refractivity contribution in [2.24, 2.45) is 0 Å². The van der Waals surface area contributed by atoms with Crippen LogP contribution in [0.2, 0.25) is 0 Å². The quantitative estimate of drug-likeness (QED) is 0.122. The van der Waals surface area contributed by atoms with Crippen molar-refractivity contribution in [3.05, 3.63) is 168 Å². The average Bonchev–Trinajstić information content (AvgIpc) is 3.91. The van der Waals surface area contributed by atoms with Gasteiger partial charge in [0.15, 0.2) is 0 Å². The Balaban J connectivity index is 0.000000320. The van der Waals surface area contributed by atoms with E-state index in [-0.39, 0.29) is 39.7 Å². The van der Waals surface area contributed by atoms with Crippen LogP contribution in [0.15, 0.2) is 121 Å². The minimum atomic E-state index is 0. The van der Waals surface area contributed by atoms with Crippen molar-refractivity contribution in [3.8, 4) is 43.1 Å². The number of benzene rings is 4. The van der Waals surface area contributed by atoms with E-state index in [2.05, 4.69) is 170 Å². The minimum absolute atomic E-state index is 0. The predicted octanol–water partition coefficient (Wildman–Crippen LogP) is 15.1. The van der Waals surface area contributed by atoms with Crippen LogP contribution < -0.4 is 0 Å². The second-order valence-corrected chi connectivity index (χ2v) is 15.0. The molecule has 0 aliphatic heterocycles. The molecule has 0 saturated carbocycles. The summed E-state index contributed by atoms with van der Waals surface area (Å²) in [7, 11) is 0.